The van der Waals surface area contributed by atoms with Crippen molar-refractivity contribution in [3.8, 4) is 28.6 Å². The average molecular weight is 325 g/mol. The van der Waals surface area contributed by atoms with Gasteiger partial charge in [-0.25, -0.2) is 0 Å². The molecule has 124 valence electrons. The van der Waals surface area contributed by atoms with Crippen molar-refractivity contribution in [2.75, 3.05) is 21.3 Å². The van der Waals surface area contributed by atoms with E-state index in [0.717, 1.165) is 11.4 Å². The molecular formula is C18H19N3O3. The summed E-state index contributed by atoms with van der Waals surface area (Å²) >= 11 is 0. The van der Waals surface area contributed by atoms with Gasteiger partial charge in [0.2, 0.25) is 5.75 Å². The first kappa shape index (κ1) is 15.9. The minimum atomic E-state index is 0.554. The van der Waals surface area contributed by atoms with Gasteiger partial charge in [-0.3, -0.25) is 0 Å². The summed E-state index contributed by atoms with van der Waals surface area (Å²) in [4.78, 5) is 0. The highest BCUT2D eigenvalue weighted by molar-refractivity contribution is 5.66. The number of aromatic nitrogens is 3. The SMILES string of the molecule is COc1cc(-c2nncn2Cc2ccccc2)cc(OC)c1OC. The van der Waals surface area contributed by atoms with E-state index in [1.54, 1.807) is 27.7 Å². The third kappa shape index (κ3) is 3.03. The Hall–Kier alpha value is -3.02. The zero-order valence-corrected chi connectivity index (χ0v) is 13.9. The van der Waals surface area contributed by atoms with Crippen LogP contribution in [0.5, 0.6) is 17.2 Å². The molecule has 1 heterocycles. The van der Waals surface area contributed by atoms with E-state index >= 15 is 0 Å². The van der Waals surface area contributed by atoms with E-state index in [1.165, 1.54) is 5.56 Å². The first-order valence-corrected chi connectivity index (χ1v) is 7.49. The van der Waals surface area contributed by atoms with Crippen LogP contribution < -0.4 is 14.2 Å². The van der Waals surface area contributed by atoms with Crippen molar-refractivity contribution in [1.29, 1.82) is 0 Å². The summed E-state index contributed by atoms with van der Waals surface area (Å²) in [7, 11) is 4.77. The van der Waals surface area contributed by atoms with Crippen LogP contribution in [0.3, 0.4) is 0 Å². The van der Waals surface area contributed by atoms with Crippen LogP contribution in [0.15, 0.2) is 48.8 Å². The van der Waals surface area contributed by atoms with Crippen LogP contribution in [0, 0.1) is 0 Å². The molecule has 0 spiro atoms. The lowest BCUT2D eigenvalue weighted by atomic mass is 10.1. The van der Waals surface area contributed by atoms with Crippen molar-refractivity contribution in [1.82, 2.24) is 14.8 Å². The highest BCUT2D eigenvalue weighted by atomic mass is 16.5. The molecule has 0 atom stereocenters. The highest BCUT2D eigenvalue weighted by Crippen LogP contribution is 2.40. The number of hydrogen-bond acceptors (Lipinski definition) is 5. The predicted molar refractivity (Wildman–Crippen MR) is 90.7 cm³/mol. The highest BCUT2D eigenvalue weighted by Gasteiger charge is 2.17. The van der Waals surface area contributed by atoms with E-state index in [2.05, 4.69) is 22.3 Å². The van der Waals surface area contributed by atoms with Gasteiger partial charge in [0.1, 0.15) is 6.33 Å². The van der Waals surface area contributed by atoms with Crippen molar-refractivity contribution in [3.63, 3.8) is 0 Å². The maximum absolute atomic E-state index is 5.41. The number of ether oxygens (including phenoxy) is 3. The number of benzene rings is 2. The first-order valence-electron chi connectivity index (χ1n) is 7.49. The van der Waals surface area contributed by atoms with Crippen LogP contribution in [0.1, 0.15) is 5.56 Å². The Morgan fingerprint density at radius 1 is 0.917 bits per heavy atom. The Bertz CT molecular complexity index is 790. The molecule has 0 saturated carbocycles. The number of nitrogens with zero attached hydrogens (tertiary/aromatic N) is 3. The lowest BCUT2D eigenvalue weighted by Crippen LogP contribution is -2.02. The molecule has 3 aromatic rings. The van der Waals surface area contributed by atoms with Gasteiger partial charge < -0.3 is 18.8 Å². The summed E-state index contributed by atoms with van der Waals surface area (Å²) in [6.07, 6.45) is 1.71. The van der Waals surface area contributed by atoms with E-state index in [9.17, 15) is 0 Å². The molecule has 0 N–H and O–H groups in total. The van der Waals surface area contributed by atoms with Gasteiger partial charge in [-0.05, 0) is 17.7 Å². The molecule has 24 heavy (non-hydrogen) atoms. The Morgan fingerprint density at radius 3 is 2.17 bits per heavy atom. The van der Waals surface area contributed by atoms with Crippen LogP contribution in [0.25, 0.3) is 11.4 Å². The zero-order valence-electron chi connectivity index (χ0n) is 13.9. The van der Waals surface area contributed by atoms with Crippen molar-refractivity contribution in [2.24, 2.45) is 0 Å². The average Bonchev–Trinajstić information content (AvgIpc) is 3.09. The molecule has 2 aromatic carbocycles. The number of methoxy groups -OCH3 is 3. The fourth-order valence-electron chi connectivity index (χ4n) is 2.58. The van der Waals surface area contributed by atoms with Gasteiger partial charge in [-0.15, -0.1) is 10.2 Å². The maximum Gasteiger partial charge on any atom is 0.203 e. The Labute approximate surface area is 140 Å². The molecule has 0 bridgehead atoms. The van der Waals surface area contributed by atoms with Gasteiger partial charge in [0, 0.05) is 5.56 Å². The fraction of sp³-hybridized carbons (Fsp3) is 0.222. The molecule has 3 rings (SSSR count). The topological polar surface area (TPSA) is 58.4 Å². The molecule has 6 nitrogen and oxygen atoms in total. The summed E-state index contributed by atoms with van der Waals surface area (Å²) in [5.74, 6) is 2.46. The maximum atomic E-state index is 5.41. The van der Waals surface area contributed by atoms with E-state index in [0.29, 0.717) is 23.8 Å². The van der Waals surface area contributed by atoms with Crippen molar-refractivity contribution < 1.29 is 14.2 Å². The molecule has 0 fully saturated rings. The minimum absolute atomic E-state index is 0.554. The smallest absolute Gasteiger partial charge is 0.203 e. The molecule has 0 saturated heterocycles. The van der Waals surface area contributed by atoms with Crippen molar-refractivity contribution in [2.45, 2.75) is 6.54 Å². The third-order valence-electron chi connectivity index (χ3n) is 3.73. The summed E-state index contributed by atoms with van der Waals surface area (Å²) in [6, 6.07) is 13.9. The summed E-state index contributed by atoms with van der Waals surface area (Å²) < 4.78 is 18.2. The largest absolute Gasteiger partial charge is 0.493 e. The van der Waals surface area contributed by atoms with E-state index in [-0.39, 0.29) is 0 Å². The van der Waals surface area contributed by atoms with Crippen LogP contribution in [-0.4, -0.2) is 36.1 Å². The quantitative estimate of drug-likeness (QED) is 0.697. The summed E-state index contributed by atoms with van der Waals surface area (Å²) in [5.41, 5.74) is 2.02. The Morgan fingerprint density at radius 2 is 1.58 bits per heavy atom. The molecule has 0 aliphatic carbocycles. The molecular weight excluding hydrogens is 306 g/mol. The Balaban J connectivity index is 2.02. The van der Waals surface area contributed by atoms with Gasteiger partial charge >= 0.3 is 0 Å². The lowest BCUT2D eigenvalue weighted by Gasteiger charge is -2.14. The molecule has 1 aromatic heterocycles. The standard InChI is InChI=1S/C18H19N3O3/c1-22-15-9-14(10-16(23-2)17(15)24-3)18-20-19-12-21(18)11-13-7-5-4-6-8-13/h4-10,12H,11H2,1-3H3. The van der Waals surface area contributed by atoms with Crippen LogP contribution in [0.4, 0.5) is 0 Å². The van der Waals surface area contributed by atoms with Crippen molar-refractivity contribution in [3.05, 3.63) is 54.4 Å². The first-order chi connectivity index (χ1) is 11.8. The minimum Gasteiger partial charge on any atom is -0.493 e. The Kier molecular flexibility index (Phi) is 4.65. The van der Waals surface area contributed by atoms with Gasteiger partial charge in [-0.2, -0.15) is 0 Å². The fourth-order valence-corrected chi connectivity index (χ4v) is 2.58. The van der Waals surface area contributed by atoms with E-state index in [1.807, 2.05) is 34.9 Å². The van der Waals surface area contributed by atoms with Crippen LogP contribution in [0.2, 0.25) is 0 Å². The third-order valence-corrected chi connectivity index (χ3v) is 3.73. The number of rotatable bonds is 6. The van der Waals surface area contributed by atoms with Gasteiger partial charge in [0.25, 0.3) is 0 Å². The second-order valence-corrected chi connectivity index (χ2v) is 5.18. The molecule has 0 aliphatic heterocycles. The normalized spacial score (nSPS) is 10.5. The monoisotopic (exact) mass is 325 g/mol. The van der Waals surface area contributed by atoms with Crippen LogP contribution >= 0.6 is 0 Å². The molecule has 0 aliphatic rings. The number of hydrogen-bond donors (Lipinski definition) is 0. The second-order valence-electron chi connectivity index (χ2n) is 5.18. The predicted octanol–water partition coefficient (Wildman–Crippen LogP) is 3.02. The summed E-state index contributed by atoms with van der Waals surface area (Å²) in [5, 5.41) is 8.30. The van der Waals surface area contributed by atoms with Gasteiger partial charge in [0.15, 0.2) is 17.3 Å². The molecule has 6 heteroatoms. The molecule has 0 amide bonds. The van der Waals surface area contributed by atoms with E-state index < -0.39 is 0 Å². The lowest BCUT2D eigenvalue weighted by molar-refractivity contribution is 0.324. The van der Waals surface area contributed by atoms with Crippen LogP contribution in [-0.2, 0) is 6.54 Å². The van der Waals surface area contributed by atoms with Gasteiger partial charge in [-0.1, -0.05) is 30.3 Å². The second kappa shape index (κ2) is 7.04. The molecule has 0 radical (unpaired) electrons. The van der Waals surface area contributed by atoms with Gasteiger partial charge in [0.05, 0.1) is 27.9 Å². The van der Waals surface area contributed by atoms with Crippen molar-refractivity contribution >= 4 is 0 Å². The van der Waals surface area contributed by atoms with E-state index in [4.69, 9.17) is 14.2 Å². The molecule has 0 unspecified atom stereocenters. The summed E-state index contributed by atoms with van der Waals surface area (Å²) in [6.45, 7) is 0.680. The zero-order chi connectivity index (χ0) is 16.9.